The summed E-state index contributed by atoms with van der Waals surface area (Å²) >= 11 is 0. The zero-order chi connectivity index (χ0) is 14.3. The number of aromatic nitrogens is 1. The van der Waals surface area contributed by atoms with Gasteiger partial charge in [-0.3, -0.25) is 5.73 Å². The van der Waals surface area contributed by atoms with Gasteiger partial charge in [0.1, 0.15) is 0 Å². The van der Waals surface area contributed by atoms with E-state index in [2.05, 4.69) is 4.98 Å². The van der Waals surface area contributed by atoms with Gasteiger partial charge >= 0.3 is 0 Å². The first kappa shape index (κ1) is 15.1. The van der Waals surface area contributed by atoms with Gasteiger partial charge < -0.3 is 4.55 Å². The van der Waals surface area contributed by atoms with Crippen molar-refractivity contribution in [1.29, 1.82) is 0 Å². The largest absolute Gasteiger partial charge is 0.748 e. The number of nitrogens with two attached hydrogens (primary N) is 1. The number of H-pyrrole nitrogens is 1. The fourth-order valence-electron chi connectivity index (χ4n) is 1.38. The summed E-state index contributed by atoms with van der Waals surface area (Å²) in [6.45, 7) is 2.00. The molecule has 0 aliphatic rings. The first-order valence-electron chi connectivity index (χ1n) is 5.58. The molecule has 102 valence electrons. The van der Waals surface area contributed by atoms with Crippen LogP contribution in [0.1, 0.15) is 11.1 Å². The van der Waals surface area contributed by atoms with Crippen LogP contribution in [0.25, 0.3) is 0 Å². The fraction of sp³-hybridized carbons (Fsp3) is 0.154. The predicted octanol–water partition coefficient (Wildman–Crippen LogP) is 1.12. The van der Waals surface area contributed by atoms with Crippen LogP contribution in [0, 0.1) is 6.92 Å². The van der Waals surface area contributed by atoms with Gasteiger partial charge in [-0.05, 0) is 24.1 Å². The van der Waals surface area contributed by atoms with Crippen molar-refractivity contribution in [3.8, 4) is 0 Å². The molecule has 0 unspecified atom stereocenters. The SMILES string of the molecule is Cc1cc[nH+]c(N)c1.O=S(=O)([O-])Cc1ccccc1. The van der Waals surface area contributed by atoms with E-state index in [1.807, 2.05) is 25.3 Å². The highest BCUT2D eigenvalue weighted by Gasteiger charge is 1.96. The quantitative estimate of drug-likeness (QED) is 0.833. The van der Waals surface area contributed by atoms with Crippen molar-refractivity contribution in [1.82, 2.24) is 0 Å². The summed E-state index contributed by atoms with van der Waals surface area (Å²) in [5.41, 5.74) is 7.11. The van der Waals surface area contributed by atoms with Gasteiger partial charge in [-0.25, -0.2) is 13.4 Å². The number of anilines is 1. The molecule has 2 rings (SSSR count). The second kappa shape index (κ2) is 6.86. The molecule has 1 aromatic heterocycles. The lowest BCUT2D eigenvalue weighted by molar-refractivity contribution is -0.360. The van der Waals surface area contributed by atoms with E-state index >= 15 is 0 Å². The first-order valence-corrected chi connectivity index (χ1v) is 7.16. The topological polar surface area (TPSA) is 97.4 Å². The molecular weight excluding hydrogens is 264 g/mol. The summed E-state index contributed by atoms with van der Waals surface area (Å²) in [6, 6.07) is 12.2. The van der Waals surface area contributed by atoms with Gasteiger partial charge in [-0.1, -0.05) is 30.3 Å². The van der Waals surface area contributed by atoms with Crippen LogP contribution < -0.4 is 10.7 Å². The number of nitrogen functional groups attached to an aromatic ring is 1. The van der Waals surface area contributed by atoms with Crippen LogP contribution in [-0.4, -0.2) is 13.0 Å². The van der Waals surface area contributed by atoms with E-state index in [9.17, 15) is 13.0 Å². The van der Waals surface area contributed by atoms with Crippen LogP contribution in [-0.2, 0) is 15.9 Å². The maximum absolute atomic E-state index is 10.2. The maximum atomic E-state index is 10.2. The minimum atomic E-state index is -4.13. The molecule has 3 N–H and O–H groups in total. The number of aromatic amines is 1. The molecule has 0 bridgehead atoms. The van der Waals surface area contributed by atoms with E-state index in [1.165, 1.54) is 5.56 Å². The molecule has 1 heterocycles. The van der Waals surface area contributed by atoms with Crippen LogP contribution in [0.3, 0.4) is 0 Å². The number of aryl methyl sites for hydroxylation is 1. The molecule has 0 amide bonds. The van der Waals surface area contributed by atoms with Crippen molar-refractivity contribution < 1.29 is 18.0 Å². The minimum absolute atomic E-state index is 0.423. The molecule has 0 fully saturated rings. The second-order valence-electron chi connectivity index (χ2n) is 4.01. The smallest absolute Gasteiger partial charge is 0.270 e. The molecule has 0 aliphatic heterocycles. The van der Waals surface area contributed by atoms with Gasteiger partial charge in [0.15, 0.2) is 0 Å². The van der Waals surface area contributed by atoms with Gasteiger partial charge in [-0.15, -0.1) is 0 Å². The van der Waals surface area contributed by atoms with Gasteiger partial charge in [-0.2, -0.15) is 0 Å². The van der Waals surface area contributed by atoms with E-state index in [1.54, 1.807) is 30.3 Å². The highest BCUT2D eigenvalue weighted by molar-refractivity contribution is 7.84. The first-order chi connectivity index (χ1) is 8.87. The van der Waals surface area contributed by atoms with Crippen molar-refractivity contribution in [2.24, 2.45) is 0 Å². The van der Waals surface area contributed by atoms with Gasteiger partial charge in [0, 0.05) is 6.07 Å². The maximum Gasteiger partial charge on any atom is 0.270 e. The molecule has 0 saturated heterocycles. The lowest BCUT2D eigenvalue weighted by Crippen LogP contribution is -2.08. The van der Waals surface area contributed by atoms with Crippen LogP contribution in [0.15, 0.2) is 48.7 Å². The summed E-state index contributed by atoms with van der Waals surface area (Å²) in [4.78, 5) is 2.85. The van der Waals surface area contributed by atoms with Crippen LogP contribution in [0.2, 0.25) is 0 Å². The predicted molar refractivity (Wildman–Crippen MR) is 72.0 cm³/mol. The highest BCUT2D eigenvalue weighted by Crippen LogP contribution is 2.02. The van der Waals surface area contributed by atoms with Crippen molar-refractivity contribution in [2.75, 3.05) is 5.73 Å². The number of hydrogen-bond acceptors (Lipinski definition) is 4. The van der Waals surface area contributed by atoms with Gasteiger partial charge in [0.05, 0.1) is 22.1 Å². The van der Waals surface area contributed by atoms with Crippen molar-refractivity contribution in [2.45, 2.75) is 12.7 Å². The molecule has 19 heavy (non-hydrogen) atoms. The number of rotatable bonds is 2. The summed E-state index contributed by atoms with van der Waals surface area (Å²) in [7, 11) is -4.13. The Kier molecular flexibility index (Phi) is 5.47. The Labute approximate surface area is 112 Å². The molecule has 0 radical (unpaired) electrons. The summed E-state index contributed by atoms with van der Waals surface area (Å²) < 4.78 is 30.7. The zero-order valence-corrected chi connectivity index (χ0v) is 11.4. The van der Waals surface area contributed by atoms with Gasteiger partial charge in [0.25, 0.3) is 5.82 Å². The van der Waals surface area contributed by atoms with Crippen LogP contribution in [0.4, 0.5) is 5.82 Å². The van der Waals surface area contributed by atoms with E-state index in [0.717, 1.165) is 0 Å². The number of benzene rings is 1. The Balaban J connectivity index is 0.000000200. The average Bonchev–Trinajstić information content (AvgIpc) is 2.28. The Hall–Kier alpha value is -1.92. The van der Waals surface area contributed by atoms with Crippen LogP contribution in [0.5, 0.6) is 0 Å². The number of pyridine rings is 1. The Morgan fingerprint density at radius 2 is 1.84 bits per heavy atom. The second-order valence-corrected chi connectivity index (χ2v) is 5.41. The molecule has 0 saturated carbocycles. The van der Waals surface area contributed by atoms with Crippen molar-refractivity contribution in [3.05, 3.63) is 59.8 Å². The summed E-state index contributed by atoms with van der Waals surface area (Å²) in [5, 5.41) is 0. The molecule has 2 aromatic rings. The average molecular weight is 280 g/mol. The third-order valence-electron chi connectivity index (χ3n) is 2.17. The lowest BCUT2D eigenvalue weighted by atomic mass is 10.2. The molecule has 0 aliphatic carbocycles. The van der Waals surface area contributed by atoms with Crippen LogP contribution >= 0.6 is 0 Å². The monoisotopic (exact) mass is 280 g/mol. The minimum Gasteiger partial charge on any atom is -0.748 e. The molecule has 0 atom stereocenters. The third kappa shape index (κ3) is 7.17. The van der Waals surface area contributed by atoms with Crippen molar-refractivity contribution in [3.63, 3.8) is 0 Å². The lowest BCUT2D eigenvalue weighted by Gasteiger charge is -2.05. The molecule has 0 spiro atoms. The van der Waals surface area contributed by atoms with Crippen molar-refractivity contribution >= 4 is 15.9 Å². The normalized spacial score (nSPS) is 10.4. The molecular formula is C13H16N2O3S. The molecule has 1 aromatic carbocycles. The van der Waals surface area contributed by atoms with E-state index < -0.39 is 15.9 Å². The Bertz CT molecular complexity index is 596. The van der Waals surface area contributed by atoms with E-state index in [0.29, 0.717) is 11.4 Å². The summed E-state index contributed by atoms with van der Waals surface area (Å²) in [6.07, 6.45) is 1.82. The fourth-order valence-corrected chi connectivity index (χ4v) is 1.98. The highest BCUT2D eigenvalue weighted by atomic mass is 32.2. The molecule has 6 heteroatoms. The molecule has 5 nitrogen and oxygen atoms in total. The van der Waals surface area contributed by atoms with Gasteiger partial charge in [0.2, 0.25) is 0 Å². The van der Waals surface area contributed by atoms with E-state index in [4.69, 9.17) is 5.73 Å². The Morgan fingerprint density at radius 3 is 2.26 bits per heavy atom. The van der Waals surface area contributed by atoms with E-state index in [-0.39, 0.29) is 0 Å². The standard InChI is InChI=1S/C7H8O3S.C6H8N2/c8-11(9,10)6-7-4-2-1-3-5-7;1-5-2-3-8-6(7)4-5/h1-5H,6H2,(H,8,9,10);2-4H,1H3,(H2,7,8). The third-order valence-corrected chi connectivity index (χ3v) is 2.85. The Morgan fingerprint density at radius 1 is 1.21 bits per heavy atom. The zero-order valence-electron chi connectivity index (χ0n) is 10.5. The number of nitrogens with one attached hydrogen (secondary N) is 1. The summed E-state index contributed by atoms with van der Waals surface area (Å²) in [5.74, 6) is 0.290. The number of hydrogen-bond donors (Lipinski definition) is 1.